The van der Waals surface area contributed by atoms with Crippen LogP contribution in [0.2, 0.25) is 0 Å². The molecule has 0 aliphatic rings. The molecule has 0 amide bonds. The summed E-state index contributed by atoms with van der Waals surface area (Å²) in [7, 11) is 0. The number of thiocarbonyl (C=S) groups is 1. The first kappa shape index (κ1) is 13.0. The van der Waals surface area contributed by atoms with Gasteiger partial charge in [-0.1, -0.05) is 31.3 Å². The second kappa shape index (κ2) is 5.46. The van der Waals surface area contributed by atoms with E-state index in [-0.39, 0.29) is 12.5 Å². The van der Waals surface area contributed by atoms with Crippen molar-refractivity contribution in [2.75, 3.05) is 6.61 Å². The average molecular weight is 263 g/mol. The van der Waals surface area contributed by atoms with Crippen molar-refractivity contribution in [2.45, 2.75) is 19.9 Å². The zero-order valence-corrected chi connectivity index (χ0v) is 11.2. The number of benzene rings is 1. The Kier molecular flexibility index (Phi) is 3.93. The zero-order valence-electron chi connectivity index (χ0n) is 10.3. The molecular formula is C13H17N3OS. The van der Waals surface area contributed by atoms with Gasteiger partial charge in [-0.3, -0.25) is 0 Å². The van der Waals surface area contributed by atoms with Crippen LogP contribution < -0.4 is 5.73 Å². The van der Waals surface area contributed by atoms with Crippen LogP contribution in [0.4, 0.5) is 0 Å². The van der Waals surface area contributed by atoms with Gasteiger partial charge in [0.15, 0.2) is 0 Å². The SMILES string of the molecule is CC(CO)Cn1c(CC(N)=S)nc2ccccc21. The van der Waals surface area contributed by atoms with Gasteiger partial charge in [0.1, 0.15) is 5.82 Å². The minimum atomic E-state index is 0.152. The Labute approximate surface area is 111 Å². The lowest BCUT2D eigenvalue weighted by atomic mass is 10.2. The number of nitrogens with zero attached hydrogens (tertiary/aromatic N) is 2. The molecule has 0 saturated heterocycles. The van der Waals surface area contributed by atoms with E-state index in [2.05, 4.69) is 9.55 Å². The third kappa shape index (κ3) is 2.68. The second-order valence-electron chi connectivity index (χ2n) is 4.56. The molecule has 1 heterocycles. The van der Waals surface area contributed by atoms with Crippen molar-refractivity contribution < 1.29 is 5.11 Å². The van der Waals surface area contributed by atoms with Crippen molar-refractivity contribution in [3.05, 3.63) is 30.1 Å². The largest absolute Gasteiger partial charge is 0.396 e. The Morgan fingerprint density at radius 1 is 1.50 bits per heavy atom. The molecule has 4 nitrogen and oxygen atoms in total. The maximum atomic E-state index is 9.19. The molecular weight excluding hydrogens is 246 g/mol. The minimum absolute atomic E-state index is 0.152. The maximum absolute atomic E-state index is 9.19. The number of nitrogens with two attached hydrogens (primary N) is 1. The van der Waals surface area contributed by atoms with Gasteiger partial charge in [-0.2, -0.15) is 0 Å². The molecule has 2 aromatic rings. The molecule has 5 heteroatoms. The Morgan fingerprint density at radius 2 is 2.22 bits per heavy atom. The fourth-order valence-corrected chi connectivity index (χ4v) is 2.12. The molecule has 2 rings (SSSR count). The van der Waals surface area contributed by atoms with Gasteiger partial charge >= 0.3 is 0 Å². The highest BCUT2D eigenvalue weighted by Crippen LogP contribution is 2.18. The highest BCUT2D eigenvalue weighted by Gasteiger charge is 2.13. The lowest BCUT2D eigenvalue weighted by Gasteiger charge is -2.13. The Balaban J connectivity index is 2.46. The zero-order chi connectivity index (χ0) is 13.1. The van der Waals surface area contributed by atoms with Crippen molar-refractivity contribution >= 4 is 28.2 Å². The fraction of sp³-hybridized carbons (Fsp3) is 0.385. The second-order valence-corrected chi connectivity index (χ2v) is 5.08. The number of rotatable bonds is 5. The molecule has 1 aromatic carbocycles. The van der Waals surface area contributed by atoms with Crippen molar-refractivity contribution in [2.24, 2.45) is 11.7 Å². The fourth-order valence-electron chi connectivity index (χ4n) is 1.99. The van der Waals surface area contributed by atoms with Gasteiger partial charge in [0.05, 0.1) is 22.4 Å². The van der Waals surface area contributed by atoms with E-state index in [1.165, 1.54) is 0 Å². The number of imidazole rings is 1. The molecule has 1 unspecified atom stereocenters. The summed E-state index contributed by atoms with van der Waals surface area (Å²) in [6.45, 7) is 2.87. The van der Waals surface area contributed by atoms with Crippen molar-refractivity contribution in [1.82, 2.24) is 9.55 Å². The highest BCUT2D eigenvalue weighted by atomic mass is 32.1. The number of aliphatic hydroxyl groups excluding tert-OH is 1. The predicted octanol–water partition coefficient (Wildman–Crippen LogP) is 1.49. The van der Waals surface area contributed by atoms with Crippen LogP contribution in [0.15, 0.2) is 24.3 Å². The van der Waals surface area contributed by atoms with Gasteiger partial charge < -0.3 is 15.4 Å². The molecule has 0 aliphatic heterocycles. The molecule has 1 aromatic heterocycles. The van der Waals surface area contributed by atoms with Crippen molar-refractivity contribution in [3.63, 3.8) is 0 Å². The third-order valence-corrected chi connectivity index (χ3v) is 3.02. The van der Waals surface area contributed by atoms with Gasteiger partial charge in [-0.25, -0.2) is 4.98 Å². The first-order chi connectivity index (χ1) is 8.61. The van der Waals surface area contributed by atoms with Gasteiger partial charge in [-0.05, 0) is 18.1 Å². The summed E-state index contributed by atoms with van der Waals surface area (Å²) < 4.78 is 2.09. The summed E-state index contributed by atoms with van der Waals surface area (Å²) in [4.78, 5) is 4.99. The van der Waals surface area contributed by atoms with E-state index in [1.54, 1.807) is 0 Å². The van der Waals surface area contributed by atoms with Gasteiger partial charge in [0.25, 0.3) is 0 Å². The molecule has 18 heavy (non-hydrogen) atoms. The van der Waals surface area contributed by atoms with E-state index in [0.29, 0.717) is 11.4 Å². The van der Waals surface area contributed by atoms with Crippen LogP contribution in [-0.2, 0) is 13.0 Å². The minimum Gasteiger partial charge on any atom is -0.396 e. The molecule has 0 spiro atoms. The van der Waals surface area contributed by atoms with E-state index >= 15 is 0 Å². The number of fused-ring (bicyclic) bond motifs is 1. The van der Waals surface area contributed by atoms with E-state index in [1.807, 2.05) is 31.2 Å². The molecule has 96 valence electrons. The maximum Gasteiger partial charge on any atom is 0.116 e. The Hall–Kier alpha value is -1.46. The number of para-hydroxylation sites is 2. The smallest absolute Gasteiger partial charge is 0.116 e. The quantitative estimate of drug-likeness (QED) is 0.802. The van der Waals surface area contributed by atoms with Crippen LogP contribution in [-0.4, -0.2) is 26.3 Å². The van der Waals surface area contributed by atoms with Gasteiger partial charge in [-0.15, -0.1) is 0 Å². The number of aliphatic hydroxyl groups is 1. The topological polar surface area (TPSA) is 64.1 Å². The average Bonchev–Trinajstić information content (AvgIpc) is 2.66. The van der Waals surface area contributed by atoms with Crippen LogP contribution in [0.25, 0.3) is 11.0 Å². The van der Waals surface area contributed by atoms with Crippen LogP contribution in [0.5, 0.6) is 0 Å². The summed E-state index contributed by atoms with van der Waals surface area (Å²) in [5, 5.41) is 9.19. The van der Waals surface area contributed by atoms with E-state index in [4.69, 9.17) is 18.0 Å². The predicted molar refractivity (Wildman–Crippen MR) is 76.5 cm³/mol. The number of hydrogen-bond acceptors (Lipinski definition) is 3. The number of hydrogen-bond donors (Lipinski definition) is 2. The molecule has 0 aliphatic carbocycles. The van der Waals surface area contributed by atoms with E-state index in [9.17, 15) is 5.11 Å². The summed E-state index contributed by atoms with van der Waals surface area (Å²) in [6.07, 6.45) is 0.488. The van der Waals surface area contributed by atoms with Crippen molar-refractivity contribution in [1.29, 1.82) is 0 Å². The summed E-state index contributed by atoms with van der Waals surface area (Å²) >= 11 is 4.96. The lowest BCUT2D eigenvalue weighted by molar-refractivity contribution is 0.223. The summed E-state index contributed by atoms with van der Waals surface area (Å²) in [6, 6.07) is 7.93. The van der Waals surface area contributed by atoms with Gasteiger partial charge in [0.2, 0.25) is 0 Å². The first-order valence-electron chi connectivity index (χ1n) is 5.95. The molecule has 0 radical (unpaired) electrons. The monoisotopic (exact) mass is 263 g/mol. The Morgan fingerprint density at radius 3 is 2.89 bits per heavy atom. The summed E-state index contributed by atoms with van der Waals surface area (Å²) in [5.74, 6) is 1.04. The van der Waals surface area contributed by atoms with E-state index in [0.717, 1.165) is 23.4 Å². The van der Waals surface area contributed by atoms with E-state index < -0.39 is 0 Å². The Bertz CT molecular complexity index is 564. The van der Waals surface area contributed by atoms with Crippen LogP contribution in [0, 0.1) is 5.92 Å². The lowest BCUT2D eigenvalue weighted by Crippen LogP contribution is -2.18. The summed E-state index contributed by atoms with van der Waals surface area (Å²) in [5.41, 5.74) is 7.61. The molecule has 3 N–H and O–H groups in total. The molecule has 0 saturated carbocycles. The van der Waals surface area contributed by atoms with Crippen LogP contribution in [0.1, 0.15) is 12.7 Å². The van der Waals surface area contributed by atoms with Crippen molar-refractivity contribution in [3.8, 4) is 0 Å². The van der Waals surface area contributed by atoms with Crippen LogP contribution in [0.3, 0.4) is 0 Å². The normalized spacial score (nSPS) is 12.8. The first-order valence-corrected chi connectivity index (χ1v) is 6.36. The number of aromatic nitrogens is 2. The standard InChI is InChI=1S/C13H17N3OS/c1-9(8-17)7-16-11-5-3-2-4-10(11)15-13(16)6-12(14)18/h2-5,9,17H,6-8H2,1H3,(H2,14,18). The molecule has 0 fully saturated rings. The molecule has 1 atom stereocenters. The third-order valence-electron chi connectivity index (χ3n) is 2.87. The molecule has 0 bridgehead atoms. The van der Waals surface area contributed by atoms with Gasteiger partial charge in [0, 0.05) is 13.2 Å². The highest BCUT2D eigenvalue weighted by molar-refractivity contribution is 7.80. The van der Waals surface area contributed by atoms with Crippen LogP contribution >= 0.6 is 12.2 Å².